The van der Waals surface area contributed by atoms with Crippen LogP contribution >= 0.6 is 0 Å². The molecule has 0 aromatic carbocycles. The van der Waals surface area contributed by atoms with Gasteiger partial charge in [0.05, 0.1) is 0 Å². The van der Waals surface area contributed by atoms with Gasteiger partial charge in [-0.1, -0.05) is 13.8 Å². The lowest BCUT2D eigenvalue weighted by Gasteiger charge is -2.29. The molecule has 0 bridgehead atoms. The van der Waals surface area contributed by atoms with Gasteiger partial charge in [-0.15, -0.1) is 0 Å². The number of hydrogen-bond donors (Lipinski definition) is 0. The van der Waals surface area contributed by atoms with E-state index in [0.717, 1.165) is 12.0 Å². The summed E-state index contributed by atoms with van der Waals surface area (Å²) in [6, 6.07) is 0.866. The zero-order valence-electron chi connectivity index (χ0n) is 10.4. The lowest BCUT2D eigenvalue weighted by molar-refractivity contribution is 0.176. The smallest absolute Gasteiger partial charge is 0.0223 e. The van der Waals surface area contributed by atoms with E-state index in [0.29, 0.717) is 0 Å². The van der Waals surface area contributed by atoms with E-state index in [9.17, 15) is 0 Å². The molecule has 0 amide bonds. The Labute approximate surface area is 94.6 Å². The zero-order chi connectivity index (χ0) is 10.7. The predicted molar refractivity (Wildman–Crippen MR) is 65.1 cm³/mol. The van der Waals surface area contributed by atoms with Crippen molar-refractivity contribution in [3.05, 3.63) is 0 Å². The third-order valence-electron chi connectivity index (χ3n) is 3.77. The Kier molecular flexibility index (Phi) is 4.04. The minimum Gasteiger partial charge on any atom is -0.302 e. The second-order valence-corrected chi connectivity index (χ2v) is 5.69. The summed E-state index contributed by atoms with van der Waals surface area (Å²) in [5.41, 5.74) is 0. The second kappa shape index (κ2) is 5.31. The van der Waals surface area contributed by atoms with E-state index in [1.54, 1.807) is 0 Å². The fourth-order valence-electron chi connectivity index (χ4n) is 3.07. The first-order valence-electron chi connectivity index (χ1n) is 6.72. The number of likely N-dealkylation sites (tertiary alicyclic amines) is 2. The van der Waals surface area contributed by atoms with E-state index in [-0.39, 0.29) is 0 Å². The predicted octanol–water partition coefficient (Wildman–Crippen LogP) is 2.20. The van der Waals surface area contributed by atoms with Crippen molar-refractivity contribution in [3.8, 4) is 0 Å². The van der Waals surface area contributed by atoms with Gasteiger partial charge in [0.2, 0.25) is 0 Å². The first-order chi connectivity index (χ1) is 7.25. The Morgan fingerprint density at radius 1 is 1.07 bits per heavy atom. The van der Waals surface area contributed by atoms with Crippen LogP contribution in [0.4, 0.5) is 0 Å². The largest absolute Gasteiger partial charge is 0.302 e. The maximum absolute atomic E-state index is 2.73. The molecule has 0 spiro atoms. The fourth-order valence-corrected chi connectivity index (χ4v) is 3.07. The molecule has 2 nitrogen and oxygen atoms in total. The molecule has 2 heteroatoms. The lowest BCUT2D eigenvalue weighted by atomic mass is 10.1. The van der Waals surface area contributed by atoms with Gasteiger partial charge in [0.1, 0.15) is 0 Å². The molecule has 0 saturated carbocycles. The molecular weight excluding hydrogens is 184 g/mol. The van der Waals surface area contributed by atoms with Crippen LogP contribution in [0.25, 0.3) is 0 Å². The van der Waals surface area contributed by atoms with Crippen LogP contribution in [-0.2, 0) is 0 Å². The van der Waals surface area contributed by atoms with Crippen molar-refractivity contribution in [2.24, 2.45) is 5.92 Å². The second-order valence-electron chi connectivity index (χ2n) is 5.69. The van der Waals surface area contributed by atoms with Crippen LogP contribution in [0.3, 0.4) is 0 Å². The van der Waals surface area contributed by atoms with Gasteiger partial charge in [0, 0.05) is 19.1 Å². The molecule has 88 valence electrons. The summed E-state index contributed by atoms with van der Waals surface area (Å²) in [5, 5.41) is 0. The molecule has 0 aromatic rings. The van der Waals surface area contributed by atoms with Crippen LogP contribution in [0.1, 0.15) is 39.5 Å². The van der Waals surface area contributed by atoms with Crippen molar-refractivity contribution in [2.75, 3.05) is 32.7 Å². The van der Waals surface area contributed by atoms with Crippen molar-refractivity contribution in [1.82, 2.24) is 9.80 Å². The molecule has 0 N–H and O–H groups in total. The van der Waals surface area contributed by atoms with Crippen LogP contribution in [0.2, 0.25) is 0 Å². The topological polar surface area (TPSA) is 6.48 Å². The minimum absolute atomic E-state index is 0.823. The Hall–Kier alpha value is -0.0800. The molecule has 2 saturated heterocycles. The van der Waals surface area contributed by atoms with Crippen molar-refractivity contribution in [3.63, 3.8) is 0 Å². The van der Waals surface area contributed by atoms with Crippen LogP contribution in [0.5, 0.6) is 0 Å². The lowest BCUT2D eigenvalue weighted by Crippen LogP contribution is -2.40. The van der Waals surface area contributed by atoms with Gasteiger partial charge in [-0.2, -0.15) is 0 Å². The summed E-state index contributed by atoms with van der Waals surface area (Å²) >= 11 is 0. The maximum atomic E-state index is 2.73. The van der Waals surface area contributed by atoms with E-state index in [1.807, 2.05) is 0 Å². The normalized spacial score (nSPS) is 29.4. The van der Waals surface area contributed by atoms with Crippen LogP contribution in [0, 0.1) is 5.92 Å². The highest BCUT2D eigenvalue weighted by Gasteiger charge is 2.27. The van der Waals surface area contributed by atoms with Crippen molar-refractivity contribution >= 4 is 0 Å². The molecule has 2 heterocycles. The third kappa shape index (κ3) is 3.18. The number of nitrogens with zero attached hydrogens (tertiary/aromatic N) is 2. The molecule has 2 fully saturated rings. The Bertz CT molecular complexity index is 185. The van der Waals surface area contributed by atoms with E-state index in [4.69, 9.17) is 0 Å². The van der Waals surface area contributed by atoms with Crippen LogP contribution in [-0.4, -0.2) is 48.6 Å². The molecular formula is C13H26N2. The third-order valence-corrected chi connectivity index (χ3v) is 3.77. The molecule has 2 aliphatic heterocycles. The van der Waals surface area contributed by atoms with Gasteiger partial charge in [0.15, 0.2) is 0 Å². The summed E-state index contributed by atoms with van der Waals surface area (Å²) in [4.78, 5) is 5.40. The quantitative estimate of drug-likeness (QED) is 0.702. The SMILES string of the molecule is CC(C)CN1CCCC1CN1CCCC1. The van der Waals surface area contributed by atoms with E-state index in [2.05, 4.69) is 23.6 Å². The Morgan fingerprint density at radius 3 is 2.47 bits per heavy atom. The minimum atomic E-state index is 0.823. The molecule has 0 aromatic heterocycles. The molecule has 15 heavy (non-hydrogen) atoms. The summed E-state index contributed by atoms with van der Waals surface area (Å²) in [6.07, 6.45) is 5.71. The molecule has 0 radical (unpaired) electrons. The van der Waals surface area contributed by atoms with Gasteiger partial charge in [0.25, 0.3) is 0 Å². The van der Waals surface area contributed by atoms with Crippen molar-refractivity contribution in [1.29, 1.82) is 0 Å². The van der Waals surface area contributed by atoms with Gasteiger partial charge >= 0.3 is 0 Å². The average molecular weight is 210 g/mol. The monoisotopic (exact) mass is 210 g/mol. The van der Waals surface area contributed by atoms with Gasteiger partial charge in [-0.3, -0.25) is 4.90 Å². The molecule has 2 aliphatic rings. The highest BCUT2D eigenvalue weighted by Crippen LogP contribution is 2.21. The van der Waals surface area contributed by atoms with Gasteiger partial charge < -0.3 is 4.90 Å². The van der Waals surface area contributed by atoms with Gasteiger partial charge in [-0.25, -0.2) is 0 Å². The number of rotatable bonds is 4. The average Bonchev–Trinajstić information content (AvgIpc) is 2.78. The highest BCUT2D eigenvalue weighted by atomic mass is 15.2. The van der Waals surface area contributed by atoms with Crippen molar-refractivity contribution < 1.29 is 0 Å². The van der Waals surface area contributed by atoms with Gasteiger partial charge in [-0.05, 0) is 51.2 Å². The zero-order valence-corrected chi connectivity index (χ0v) is 10.4. The van der Waals surface area contributed by atoms with E-state index >= 15 is 0 Å². The Balaban J connectivity index is 1.79. The first kappa shape index (κ1) is 11.4. The highest BCUT2D eigenvalue weighted by molar-refractivity contribution is 4.83. The molecule has 1 unspecified atom stereocenters. The van der Waals surface area contributed by atoms with Crippen LogP contribution in [0.15, 0.2) is 0 Å². The molecule has 0 aliphatic carbocycles. The van der Waals surface area contributed by atoms with Crippen LogP contribution < -0.4 is 0 Å². The maximum Gasteiger partial charge on any atom is 0.0223 e. The molecule has 2 rings (SSSR count). The summed E-state index contributed by atoms with van der Waals surface area (Å²) < 4.78 is 0. The first-order valence-corrected chi connectivity index (χ1v) is 6.72. The number of hydrogen-bond acceptors (Lipinski definition) is 2. The Morgan fingerprint density at radius 2 is 1.80 bits per heavy atom. The summed E-state index contributed by atoms with van der Waals surface area (Å²) in [6.45, 7) is 11.4. The van der Waals surface area contributed by atoms with E-state index < -0.39 is 0 Å². The fraction of sp³-hybridized carbons (Fsp3) is 1.00. The van der Waals surface area contributed by atoms with E-state index in [1.165, 1.54) is 58.4 Å². The standard InChI is InChI=1S/C13H26N2/c1-12(2)10-15-9-5-6-13(15)11-14-7-3-4-8-14/h12-13H,3-11H2,1-2H3. The van der Waals surface area contributed by atoms with Crippen molar-refractivity contribution in [2.45, 2.75) is 45.6 Å². The summed E-state index contributed by atoms with van der Waals surface area (Å²) in [7, 11) is 0. The molecule has 1 atom stereocenters. The summed E-state index contributed by atoms with van der Waals surface area (Å²) in [5.74, 6) is 0.823.